The molecule has 12 heteroatoms. The van der Waals surface area contributed by atoms with Gasteiger partial charge in [0, 0.05) is 0 Å². The summed E-state index contributed by atoms with van der Waals surface area (Å²) in [7, 11) is -4.19. The fourth-order valence-electron chi connectivity index (χ4n) is 0. The predicted molar refractivity (Wildman–Crippen MR) is 61.8 cm³/mol. The zero-order valence-electron chi connectivity index (χ0n) is 9.78. The molecule has 0 heterocycles. The van der Waals surface area contributed by atoms with Crippen molar-refractivity contribution in [2.24, 2.45) is 0 Å². The quantitative estimate of drug-likeness (QED) is 0.667. The van der Waals surface area contributed by atoms with Gasteiger partial charge in [-0.2, -0.15) is 39.3 Å². The molecular formula is C6H21ClCrN6O4-3. The first kappa shape index (κ1) is 31.0. The molecule has 0 atom stereocenters. The van der Waals surface area contributed by atoms with Crippen molar-refractivity contribution in [3.63, 3.8) is 0 Å². The van der Waals surface area contributed by atoms with E-state index in [1.807, 2.05) is 0 Å². The third-order valence-corrected chi connectivity index (χ3v) is 0.375. The van der Waals surface area contributed by atoms with Gasteiger partial charge in [0.15, 0.2) is 0 Å². The van der Waals surface area contributed by atoms with Gasteiger partial charge in [0.25, 0.3) is 0 Å². The summed E-state index contributed by atoms with van der Waals surface area (Å²) in [5.41, 5.74) is 37.6. The molecule has 9 N–H and O–H groups in total. The van der Waals surface area contributed by atoms with Crippen molar-refractivity contribution in [1.82, 2.24) is 0 Å². The number of rotatable bonds is 3. The Morgan fingerprint density at radius 3 is 0.667 bits per heavy atom. The Bertz CT molecular complexity index is 91.1. The third kappa shape index (κ3) is 333. The Hall–Kier alpha value is 0.422. The van der Waals surface area contributed by atoms with Gasteiger partial charge in [-0.25, -0.2) is 0 Å². The van der Waals surface area contributed by atoms with E-state index in [9.17, 15) is 0 Å². The Balaban J connectivity index is -0.0000000412. The van der Waals surface area contributed by atoms with Crippen LogP contribution in [0, 0.1) is 10.2 Å². The van der Waals surface area contributed by atoms with Crippen molar-refractivity contribution in [1.29, 1.82) is 0 Å². The maximum absolute atomic E-state index is 8.83. The average Bonchev–Trinajstić information content (AvgIpc) is 2.27. The molecule has 0 aliphatic heterocycles. The van der Waals surface area contributed by atoms with Gasteiger partial charge in [-0.05, 0) is 0 Å². The van der Waals surface area contributed by atoms with Crippen LogP contribution in [0.1, 0.15) is 0 Å². The average molecular weight is 329 g/mol. The molecule has 0 rings (SSSR count). The van der Waals surface area contributed by atoms with Crippen LogP contribution in [-0.2, 0) is 17.4 Å². The van der Waals surface area contributed by atoms with Gasteiger partial charge >= 0.3 is 46.2 Å². The second kappa shape index (κ2) is 30.4. The van der Waals surface area contributed by atoms with Crippen LogP contribution >= 0.6 is 0 Å². The van der Waals surface area contributed by atoms with Crippen LogP contribution in [0.3, 0.4) is 0 Å². The molecule has 0 aliphatic rings. The first-order valence-electron chi connectivity index (χ1n) is 4.28. The van der Waals surface area contributed by atoms with Gasteiger partial charge in [-0.1, -0.05) is 0 Å². The molecule has 0 saturated carbocycles. The fraction of sp³-hybridized carbons (Fsp3) is 1.00. The van der Waals surface area contributed by atoms with Gasteiger partial charge in [0.05, 0.1) is 0 Å². The van der Waals surface area contributed by atoms with Crippen LogP contribution < -0.4 is 4.66 Å². The summed E-state index contributed by atoms with van der Waals surface area (Å²) in [6.07, 6.45) is 0. The monoisotopic (exact) mass is 328 g/mol. The van der Waals surface area contributed by atoms with Gasteiger partial charge < -0.3 is 34.4 Å². The van der Waals surface area contributed by atoms with Crippen molar-refractivity contribution in [3.8, 4) is 0 Å². The molecule has 0 bridgehead atoms. The maximum atomic E-state index is 8.83. The SMILES string of the molecule is [Cr+3].[NH-]CC[NH-].[NH-]CC[NH-].[NH-]CC[NH-].[O-][Cl+](O)(O)O. The Kier molecular flexibility index (Phi) is 52.5. The van der Waals surface area contributed by atoms with Crippen LogP contribution in [0.2, 0.25) is 0 Å². The van der Waals surface area contributed by atoms with Gasteiger partial charge in [0.1, 0.15) is 0 Å². The molecule has 0 unspecified atom stereocenters. The molecule has 0 saturated heterocycles. The molecule has 0 amide bonds. The van der Waals surface area contributed by atoms with E-state index in [2.05, 4.69) is 0 Å². The Morgan fingerprint density at radius 1 is 0.611 bits per heavy atom. The van der Waals surface area contributed by atoms with Gasteiger partial charge in [-0.15, -0.1) is 0 Å². The summed E-state index contributed by atoms with van der Waals surface area (Å²) in [6.45, 7) is 1.42. The van der Waals surface area contributed by atoms with Crippen molar-refractivity contribution < 1.29 is 46.2 Å². The second-order valence-corrected chi connectivity index (χ2v) is 2.80. The molecule has 0 fully saturated rings. The fourth-order valence-corrected chi connectivity index (χ4v) is 0. The summed E-state index contributed by atoms with van der Waals surface area (Å²) in [5, 5.41) is 0. The molecule has 0 aliphatic carbocycles. The standard InChI is InChI=1S/3C2H6N2.ClH3O4.Cr/c3*3-1-2-4;2-1(3,4)5;/h3*3-4H,1-2H2;2-4H;/q3*-2;;+3. The molecule has 115 valence electrons. The van der Waals surface area contributed by atoms with E-state index in [-0.39, 0.29) is 56.6 Å². The van der Waals surface area contributed by atoms with E-state index in [1.54, 1.807) is 0 Å². The van der Waals surface area contributed by atoms with E-state index < -0.39 is 10.2 Å². The molecule has 0 aromatic rings. The number of hydrogen-bond acceptors (Lipinski definition) is 4. The van der Waals surface area contributed by atoms with E-state index in [0.717, 1.165) is 0 Å². The van der Waals surface area contributed by atoms with Crippen molar-refractivity contribution >= 4 is 0 Å². The number of halogens is 1. The summed E-state index contributed by atoms with van der Waals surface area (Å²) in [5.74, 6) is 0. The predicted octanol–water partition coefficient (Wildman–Crippen LogP) is 0.410. The van der Waals surface area contributed by atoms with E-state index in [1.165, 1.54) is 0 Å². The van der Waals surface area contributed by atoms with Gasteiger partial charge in [-0.3, -0.25) is 0 Å². The second-order valence-electron chi connectivity index (χ2n) is 1.93. The van der Waals surface area contributed by atoms with Crippen molar-refractivity contribution in [2.45, 2.75) is 0 Å². The molecular weight excluding hydrogens is 308 g/mol. The topological polar surface area (TPSA) is 227 Å². The summed E-state index contributed by atoms with van der Waals surface area (Å²) in [6, 6.07) is 0. The zero-order chi connectivity index (χ0) is 14.7. The van der Waals surface area contributed by atoms with E-state index in [4.69, 9.17) is 53.0 Å². The number of hydrogen-bond donors (Lipinski definition) is 3. The molecule has 0 aromatic heterocycles. The normalized spacial score (nSPS) is 9.22. The van der Waals surface area contributed by atoms with E-state index >= 15 is 0 Å². The van der Waals surface area contributed by atoms with Crippen molar-refractivity contribution in [3.05, 3.63) is 34.4 Å². The summed E-state index contributed by atoms with van der Waals surface area (Å²) < 4.78 is 30.2. The first-order valence-corrected chi connectivity index (χ1v) is 5.61. The van der Waals surface area contributed by atoms with Gasteiger partial charge in [0.2, 0.25) is 0 Å². The van der Waals surface area contributed by atoms with Crippen LogP contribution in [0.5, 0.6) is 0 Å². The van der Waals surface area contributed by atoms with Crippen LogP contribution in [0.15, 0.2) is 0 Å². The zero-order valence-corrected chi connectivity index (χ0v) is 11.8. The van der Waals surface area contributed by atoms with Crippen LogP contribution in [0.25, 0.3) is 34.4 Å². The summed E-state index contributed by atoms with van der Waals surface area (Å²) >= 11 is 0. The van der Waals surface area contributed by atoms with E-state index in [0.29, 0.717) is 0 Å². The Labute approximate surface area is 120 Å². The molecule has 1 radical (unpaired) electrons. The molecule has 0 spiro atoms. The molecule has 18 heavy (non-hydrogen) atoms. The summed E-state index contributed by atoms with van der Waals surface area (Å²) in [4.78, 5) is 0. The first-order chi connectivity index (χ1) is 7.74. The minimum absolute atomic E-state index is 0. The number of nitrogens with one attached hydrogen (secondary N) is 6. The van der Waals surface area contributed by atoms with Crippen LogP contribution in [-0.4, -0.2) is 53.2 Å². The third-order valence-electron chi connectivity index (χ3n) is 0.375. The molecule has 10 nitrogen and oxygen atoms in total. The molecule has 0 aromatic carbocycles. The van der Waals surface area contributed by atoms with Crippen molar-refractivity contribution in [2.75, 3.05) is 39.3 Å². The minimum atomic E-state index is -4.19. The Morgan fingerprint density at radius 2 is 0.667 bits per heavy atom. The van der Waals surface area contributed by atoms with Crippen LogP contribution in [0.4, 0.5) is 0 Å².